The minimum Gasteiger partial charge on any atom is -0.508 e. The quantitative estimate of drug-likeness (QED) is 0.193. The topological polar surface area (TPSA) is 171 Å². The van der Waals surface area contributed by atoms with Gasteiger partial charge in [0.2, 0.25) is 17.7 Å². The summed E-state index contributed by atoms with van der Waals surface area (Å²) in [5, 5.41) is 26.1. The molecule has 1 aromatic rings. The number of nitrogens with two attached hydrogens (primary N) is 1. The van der Waals surface area contributed by atoms with Crippen LogP contribution in [0.15, 0.2) is 24.3 Å². The SMILES string of the molecule is CSCCC(N)C(=O)NC(Cc1ccc(O)cc1)C(=O)NCC(=O)NC(CCSC)C(=O)O. The van der Waals surface area contributed by atoms with Crippen molar-refractivity contribution in [3.8, 4) is 5.75 Å². The van der Waals surface area contributed by atoms with Crippen LogP contribution in [0.2, 0.25) is 0 Å². The fourth-order valence-corrected chi connectivity index (χ4v) is 3.72. The number of aromatic hydroxyl groups is 1. The van der Waals surface area contributed by atoms with Crippen molar-refractivity contribution < 1.29 is 29.4 Å². The van der Waals surface area contributed by atoms with Gasteiger partial charge in [-0.3, -0.25) is 14.4 Å². The molecule has 1 rings (SSSR count). The van der Waals surface area contributed by atoms with Crippen molar-refractivity contribution in [3.63, 3.8) is 0 Å². The monoisotopic (exact) mass is 500 g/mol. The van der Waals surface area contributed by atoms with Crippen molar-refractivity contribution in [2.45, 2.75) is 37.4 Å². The first-order chi connectivity index (χ1) is 15.7. The number of carboxylic acid groups (broad SMARTS) is 1. The van der Waals surface area contributed by atoms with E-state index in [9.17, 15) is 29.4 Å². The van der Waals surface area contributed by atoms with Crippen molar-refractivity contribution in [3.05, 3.63) is 29.8 Å². The highest BCUT2D eigenvalue weighted by Crippen LogP contribution is 2.12. The lowest BCUT2D eigenvalue weighted by Gasteiger charge is -2.21. The molecule has 1 aromatic carbocycles. The first-order valence-corrected chi connectivity index (χ1v) is 13.1. The van der Waals surface area contributed by atoms with Crippen LogP contribution in [0.1, 0.15) is 18.4 Å². The molecule has 33 heavy (non-hydrogen) atoms. The van der Waals surface area contributed by atoms with E-state index in [1.165, 1.54) is 23.9 Å². The lowest BCUT2D eigenvalue weighted by atomic mass is 10.0. The van der Waals surface area contributed by atoms with Crippen LogP contribution in [0.5, 0.6) is 5.75 Å². The molecule has 0 aromatic heterocycles. The van der Waals surface area contributed by atoms with E-state index >= 15 is 0 Å². The second kappa shape index (κ2) is 15.4. The Kier molecular flexibility index (Phi) is 13.3. The van der Waals surface area contributed by atoms with Gasteiger partial charge in [0.1, 0.15) is 17.8 Å². The third-order valence-corrected chi connectivity index (χ3v) is 5.93. The number of rotatable bonds is 15. The Morgan fingerprint density at radius 1 is 0.939 bits per heavy atom. The van der Waals surface area contributed by atoms with Crippen LogP contribution < -0.4 is 21.7 Å². The summed E-state index contributed by atoms with van der Waals surface area (Å²) >= 11 is 3.01. The number of hydrogen-bond donors (Lipinski definition) is 6. The maximum atomic E-state index is 12.8. The number of thioether (sulfide) groups is 2. The number of hydrogen-bond acceptors (Lipinski definition) is 8. The van der Waals surface area contributed by atoms with E-state index < -0.39 is 48.4 Å². The predicted octanol–water partition coefficient (Wildman–Crippen LogP) is -0.0614. The van der Waals surface area contributed by atoms with Crippen LogP contribution in [0.25, 0.3) is 0 Å². The number of amides is 3. The summed E-state index contributed by atoms with van der Waals surface area (Å²) in [7, 11) is 0. The number of phenolic OH excluding ortho intramolecular Hbond substituents is 1. The van der Waals surface area contributed by atoms with E-state index in [1.807, 2.05) is 12.5 Å². The molecule has 0 fully saturated rings. The summed E-state index contributed by atoms with van der Waals surface area (Å²) in [5.74, 6) is -1.60. The Hall–Kier alpha value is -2.44. The van der Waals surface area contributed by atoms with Crippen molar-refractivity contribution in [2.75, 3.05) is 30.6 Å². The molecule has 12 heteroatoms. The van der Waals surface area contributed by atoms with Crippen molar-refractivity contribution >= 4 is 47.2 Å². The highest BCUT2D eigenvalue weighted by Gasteiger charge is 2.25. The maximum Gasteiger partial charge on any atom is 0.326 e. The molecule has 0 aliphatic carbocycles. The Bertz CT molecular complexity index is 793. The molecule has 0 bridgehead atoms. The highest BCUT2D eigenvalue weighted by molar-refractivity contribution is 7.98. The molecule has 0 radical (unpaired) electrons. The molecule has 0 saturated carbocycles. The summed E-state index contributed by atoms with van der Waals surface area (Å²) in [5.41, 5.74) is 6.58. The van der Waals surface area contributed by atoms with E-state index in [-0.39, 0.29) is 18.6 Å². The van der Waals surface area contributed by atoms with Crippen LogP contribution in [0, 0.1) is 0 Å². The average molecular weight is 501 g/mol. The molecule has 184 valence electrons. The molecular formula is C21H32N4O6S2. The minimum absolute atomic E-state index is 0.0639. The number of phenols is 1. The Balaban J connectivity index is 2.79. The Morgan fingerprint density at radius 3 is 2.12 bits per heavy atom. The third-order valence-electron chi connectivity index (χ3n) is 4.65. The van der Waals surface area contributed by atoms with E-state index in [0.29, 0.717) is 23.5 Å². The fraction of sp³-hybridized carbons (Fsp3) is 0.524. The van der Waals surface area contributed by atoms with Crippen LogP contribution in [0.3, 0.4) is 0 Å². The predicted molar refractivity (Wildman–Crippen MR) is 130 cm³/mol. The minimum atomic E-state index is -1.15. The summed E-state index contributed by atoms with van der Waals surface area (Å²) < 4.78 is 0. The highest BCUT2D eigenvalue weighted by atomic mass is 32.2. The van der Waals surface area contributed by atoms with Gasteiger partial charge < -0.3 is 31.9 Å². The van der Waals surface area contributed by atoms with E-state index in [0.717, 1.165) is 0 Å². The fourth-order valence-electron chi connectivity index (χ4n) is 2.76. The maximum absolute atomic E-state index is 12.8. The normalized spacial score (nSPS) is 13.4. The number of carboxylic acids is 1. The van der Waals surface area contributed by atoms with Gasteiger partial charge in [-0.2, -0.15) is 23.5 Å². The van der Waals surface area contributed by atoms with Gasteiger partial charge in [-0.1, -0.05) is 12.1 Å². The van der Waals surface area contributed by atoms with Crippen molar-refractivity contribution in [1.82, 2.24) is 16.0 Å². The van der Waals surface area contributed by atoms with Gasteiger partial charge in [-0.15, -0.1) is 0 Å². The lowest BCUT2D eigenvalue weighted by Crippen LogP contribution is -2.54. The summed E-state index contributed by atoms with van der Waals surface area (Å²) in [6, 6.07) is 3.31. The third kappa shape index (κ3) is 11.3. The van der Waals surface area contributed by atoms with Gasteiger partial charge in [-0.05, 0) is 54.6 Å². The van der Waals surface area contributed by atoms with Crippen LogP contribution in [-0.4, -0.2) is 82.6 Å². The molecule has 0 spiro atoms. The van der Waals surface area contributed by atoms with Gasteiger partial charge in [0.05, 0.1) is 12.6 Å². The van der Waals surface area contributed by atoms with Gasteiger partial charge in [-0.25, -0.2) is 4.79 Å². The smallest absolute Gasteiger partial charge is 0.326 e. The van der Waals surface area contributed by atoms with E-state index in [1.54, 1.807) is 23.9 Å². The number of nitrogens with one attached hydrogen (secondary N) is 3. The first kappa shape index (κ1) is 28.6. The number of aliphatic carboxylic acids is 1. The van der Waals surface area contributed by atoms with E-state index in [4.69, 9.17) is 5.73 Å². The molecule has 0 saturated heterocycles. The lowest BCUT2D eigenvalue weighted by molar-refractivity contribution is -0.141. The zero-order valence-electron chi connectivity index (χ0n) is 18.7. The van der Waals surface area contributed by atoms with Crippen molar-refractivity contribution in [2.24, 2.45) is 5.73 Å². The second-order valence-electron chi connectivity index (χ2n) is 7.28. The Labute approximate surface area is 201 Å². The van der Waals surface area contributed by atoms with Gasteiger partial charge in [0.15, 0.2) is 0 Å². The molecule has 3 atom stereocenters. The zero-order valence-corrected chi connectivity index (χ0v) is 20.3. The van der Waals surface area contributed by atoms with Crippen molar-refractivity contribution in [1.29, 1.82) is 0 Å². The molecule has 7 N–H and O–H groups in total. The average Bonchev–Trinajstić information content (AvgIpc) is 2.79. The number of benzene rings is 1. The molecule has 3 unspecified atom stereocenters. The number of carbonyl (C=O) groups excluding carboxylic acids is 3. The standard InChI is InChI=1S/C21H32N4O6S2/c1-32-9-7-15(22)19(28)25-17(11-13-3-5-14(26)6-4-13)20(29)23-12-18(27)24-16(21(30)31)8-10-33-2/h3-6,15-17,26H,7-12,22H2,1-2H3,(H,23,29)(H,24,27)(H,25,28)(H,30,31). The van der Waals surface area contributed by atoms with Crippen LogP contribution in [0.4, 0.5) is 0 Å². The second-order valence-corrected chi connectivity index (χ2v) is 9.25. The molecule has 0 heterocycles. The number of carbonyl (C=O) groups is 4. The summed E-state index contributed by atoms with van der Waals surface area (Å²) in [4.78, 5) is 48.7. The van der Waals surface area contributed by atoms with Crippen LogP contribution >= 0.6 is 23.5 Å². The van der Waals surface area contributed by atoms with Gasteiger partial charge in [0.25, 0.3) is 0 Å². The van der Waals surface area contributed by atoms with Gasteiger partial charge in [0, 0.05) is 6.42 Å². The molecule has 3 amide bonds. The van der Waals surface area contributed by atoms with Gasteiger partial charge >= 0.3 is 5.97 Å². The molecule has 0 aliphatic heterocycles. The summed E-state index contributed by atoms with van der Waals surface area (Å²) in [6.45, 7) is -0.442. The first-order valence-electron chi connectivity index (χ1n) is 10.3. The largest absolute Gasteiger partial charge is 0.508 e. The molecule has 10 nitrogen and oxygen atoms in total. The Morgan fingerprint density at radius 2 is 1.55 bits per heavy atom. The molecule has 0 aliphatic rings. The van der Waals surface area contributed by atoms with Crippen LogP contribution in [-0.2, 0) is 25.6 Å². The molecular weight excluding hydrogens is 468 g/mol. The summed E-state index contributed by atoms with van der Waals surface area (Å²) in [6.07, 6.45) is 4.53. The zero-order chi connectivity index (χ0) is 24.8. The van der Waals surface area contributed by atoms with E-state index in [2.05, 4.69) is 16.0 Å².